The van der Waals surface area contributed by atoms with E-state index in [-0.39, 0.29) is 11.4 Å². The van der Waals surface area contributed by atoms with Crippen molar-refractivity contribution >= 4 is 10.0 Å². The monoisotopic (exact) mass is 276 g/mol. The number of nitriles is 1. The molecule has 0 amide bonds. The Morgan fingerprint density at radius 2 is 2.26 bits per heavy atom. The van der Waals surface area contributed by atoms with Crippen LogP contribution in [0.1, 0.15) is 16.8 Å². The molecule has 2 aromatic rings. The maximum Gasteiger partial charge on any atom is 0.240 e. The zero-order chi connectivity index (χ0) is 13.9. The molecule has 98 valence electrons. The first-order valence-corrected chi connectivity index (χ1v) is 6.99. The van der Waals surface area contributed by atoms with Crippen LogP contribution in [0.5, 0.6) is 0 Å². The van der Waals surface area contributed by atoms with E-state index in [1.165, 1.54) is 24.5 Å². The van der Waals surface area contributed by atoms with E-state index in [2.05, 4.69) is 14.7 Å². The Labute approximate surface area is 111 Å². The molecule has 0 unspecified atom stereocenters. The maximum absolute atomic E-state index is 12.1. The minimum atomic E-state index is -3.59. The van der Waals surface area contributed by atoms with E-state index in [4.69, 9.17) is 5.26 Å². The quantitative estimate of drug-likeness (QED) is 0.872. The van der Waals surface area contributed by atoms with Crippen LogP contribution in [0.3, 0.4) is 0 Å². The first-order valence-electron chi connectivity index (χ1n) is 5.50. The molecule has 0 radical (unpaired) electrons. The number of nitrogens with zero attached hydrogens (tertiary/aromatic N) is 2. The molecule has 1 heterocycles. The van der Waals surface area contributed by atoms with E-state index in [0.717, 1.165) is 0 Å². The first-order chi connectivity index (χ1) is 9.03. The van der Waals surface area contributed by atoms with Crippen molar-refractivity contribution in [3.05, 3.63) is 47.5 Å². The number of imidazole rings is 1. The van der Waals surface area contributed by atoms with Crippen molar-refractivity contribution in [1.82, 2.24) is 14.7 Å². The lowest BCUT2D eigenvalue weighted by Gasteiger charge is -2.07. The van der Waals surface area contributed by atoms with Gasteiger partial charge in [-0.1, -0.05) is 0 Å². The van der Waals surface area contributed by atoms with Crippen LogP contribution >= 0.6 is 0 Å². The predicted molar refractivity (Wildman–Crippen MR) is 68.5 cm³/mol. The average molecular weight is 276 g/mol. The third kappa shape index (κ3) is 2.99. The van der Waals surface area contributed by atoms with Crippen LogP contribution < -0.4 is 4.72 Å². The largest absolute Gasteiger partial charge is 0.347 e. The summed E-state index contributed by atoms with van der Waals surface area (Å²) < 4.78 is 26.6. The van der Waals surface area contributed by atoms with Crippen LogP contribution in [0, 0.1) is 18.3 Å². The summed E-state index contributed by atoms with van der Waals surface area (Å²) in [4.78, 5) is 6.76. The van der Waals surface area contributed by atoms with Gasteiger partial charge < -0.3 is 4.98 Å². The molecule has 0 bridgehead atoms. The third-order valence-electron chi connectivity index (χ3n) is 2.64. The van der Waals surface area contributed by atoms with E-state index >= 15 is 0 Å². The molecule has 7 heteroatoms. The van der Waals surface area contributed by atoms with Crippen LogP contribution in [0.15, 0.2) is 35.6 Å². The Morgan fingerprint density at radius 3 is 2.84 bits per heavy atom. The smallest absolute Gasteiger partial charge is 0.240 e. The fourth-order valence-electron chi connectivity index (χ4n) is 1.57. The zero-order valence-electron chi connectivity index (χ0n) is 10.2. The Bertz CT molecular complexity index is 715. The SMILES string of the molecule is Cc1cc(S(=O)(=O)NCc2cnc[nH]2)ccc1C#N. The number of hydrogen-bond acceptors (Lipinski definition) is 4. The van der Waals surface area contributed by atoms with E-state index in [0.29, 0.717) is 16.8 Å². The number of H-pyrrole nitrogens is 1. The maximum atomic E-state index is 12.1. The first kappa shape index (κ1) is 13.3. The molecule has 1 aromatic heterocycles. The summed E-state index contributed by atoms with van der Waals surface area (Å²) in [6.07, 6.45) is 3.03. The molecule has 0 saturated carbocycles. The lowest BCUT2D eigenvalue weighted by molar-refractivity contribution is 0.580. The van der Waals surface area contributed by atoms with Gasteiger partial charge in [-0.05, 0) is 30.7 Å². The highest BCUT2D eigenvalue weighted by molar-refractivity contribution is 7.89. The molecule has 0 saturated heterocycles. The molecule has 0 aliphatic heterocycles. The van der Waals surface area contributed by atoms with Gasteiger partial charge in [-0.25, -0.2) is 18.1 Å². The van der Waals surface area contributed by atoms with Crippen molar-refractivity contribution in [3.8, 4) is 6.07 Å². The Kier molecular flexibility index (Phi) is 3.64. The number of rotatable bonds is 4. The Balaban J connectivity index is 2.20. The van der Waals surface area contributed by atoms with Gasteiger partial charge in [0.1, 0.15) is 0 Å². The van der Waals surface area contributed by atoms with Crippen molar-refractivity contribution in [2.45, 2.75) is 18.4 Å². The Hall–Kier alpha value is -2.17. The van der Waals surface area contributed by atoms with Gasteiger partial charge in [0.05, 0.1) is 29.4 Å². The fourth-order valence-corrected chi connectivity index (χ4v) is 2.66. The topological polar surface area (TPSA) is 98.6 Å². The summed E-state index contributed by atoms with van der Waals surface area (Å²) in [5.41, 5.74) is 1.77. The summed E-state index contributed by atoms with van der Waals surface area (Å²) in [7, 11) is -3.59. The van der Waals surface area contributed by atoms with Crippen LogP contribution in [0.2, 0.25) is 0 Å². The normalized spacial score (nSPS) is 11.2. The zero-order valence-corrected chi connectivity index (χ0v) is 11.0. The minimum Gasteiger partial charge on any atom is -0.347 e. The highest BCUT2D eigenvalue weighted by Gasteiger charge is 2.15. The lowest BCUT2D eigenvalue weighted by Crippen LogP contribution is -2.23. The van der Waals surface area contributed by atoms with Crippen LogP contribution in [-0.4, -0.2) is 18.4 Å². The van der Waals surface area contributed by atoms with Crippen molar-refractivity contribution in [3.63, 3.8) is 0 Å². The van der Waals surface area contributed by atoms with Gasteiger partial charge >= 0.3 is 0 Å². The number of nitrogens with one attached hydrogen (secondary N) is 2. The van der Waals surface area contributed by atoms with E-state index in [1.807, 2.05) is 6.07 Å². The Morgan fingerprint density at radius 1 is 1.47 bits per heavy atom. The van der Waals surface area contributed by atoms with Gasteiger partial charge in [-0.15, -0.1) is 0 Å². The summed E-state index contributed by atoms with van der Waals surface area (Å²) in [5, 5.41) is 8.81. The minimum absolute atomic E-state index is 0.140. The molecule has 6 nitrogen and oxygen atoms in total. The average Bonchev–Trinajstić information content (AvgIpc) is 2.89. The van der Waals surface area contributed by atoms with Gasteiger partial charge in [0.15, 0.2) is 0 Å². The number of aryl methyl sites for hydroxylation is 1. The second-order valence-corrected chi connectivity index (χ2v) is 5.76. The highest BCUT2D eigenvalue weighted by Crippen LogP contribution is 2.14. The van der Waals surface area contributed by atoms with Crippen LogP contribution in [0.25, 0.3) is 0 Å². The van der Waals surface area contributed by atoms with Crippen LogP contribution in [0.4, 0.5) is 0 Å². The van der Waals surface area contributed by atoms with Crippen molar-refractivity contribution < 1.29 is 8.42 Å². The number of sulfonamides is 1. The summed E-state index contributed by atoms with van der Waals surface area (Å²) >= 11 is 0. The van der Waals surface area contributed by atoms with Gasteiger partial charge in [0.2, 0.25) is 10.0 Å². The third-order valence-corrected chi connectivity index (χ3v) is 4.04. The molecule has 1 aromatic carbocycles. The van der Waals surface area contributed by atoms with Gasteiger partial charge in [0, 0.05) is 11.9 Å². The summed E-state index contributed by atoms with van der Waals surface area (Å²) in [6, 6.07) is 6.40. The molecule has 2 rings (SSSR count). The second kappa shape index (κ2) is 5.22. The summed E-state index contributed by atoms with van der Waals surface area (Å²) in [5.74, 6) is 0. The predicted octanol–water partition coefficient (Wildman–Crippen LogP) is 1.07. The number of aromatic amines is 1. The van der Waals surface area contributed by atoms with E-state index in [1.54, 1.807) is 13.1 Å². The van der Waals surface area contributed by atoms with Gasteiger partial charge in [0.25, 0.3) is 0 Å². The number of benzene rings is 1. The molecule has 0 aliphatic carbocycles. The van der Waals surface area contributed by atoms with Crippen molar-refractivity contribution in [2.75, 3.05) is 0 Å². The number of aromatic nitrogens is 2. The van der Waals surface area contributed by atoms with Crippen LogP contribution in [-0.2, 0) is 16.6 Å². The highest BCUT2D eigenvalue weighted by atomic mass is 32.2. The summed E-state index contributed by atoms with van der Waals surface area (Å²) in [6.45, 7) is 1.84. The molecular formula is C12H12N4O2S. The molecule has 0 fully saturated rings. The molecule has 0 atom stereocenters. The molecule has 2 N–H and O–H groups in total. The van der Waals surface area contributed by atoms with Crippen molar-refractivity contribution in [2.24, 2.45) is 0 Å². The van der Waals surface area contributed by atoms with Crippen molar-refractivity contribution in [1.29, 1.82) is 5.26 Å². The second-order valence-electron chi connectivity index (χ2n) is 3.99. The van der Waals surface area contributed by atoms with E-state index in [9.17, 15) is 8.42 Å². The van der Waals surface area contributed by atoms with Gasteiger partial charge in [-0.2, -0.15) is 5.26 Å². The molecule has 19 heavy (non-hydrogen) atoms. The fraction of sp³-hybridized carbons (Fsp3) is 0.167. The standard InChI is InChI=1S/C12H12N4O2S/c1-9-4-12(3-2-10(9)5-13)19(17,18)16-7-11-6-14-8-15-11/h2-4,6,8,16H,7H2,1H3,(H,14,15). The van der Waals surface area contributed by atoms with Gasteiger partial charge in [-0.3, -0.25) is 0 Å². The van der Waals surface area contributed by atoms with E-state index < -0.39 is 10.0 Å². The molecule has 0 aliphatic rings. The molecular weight excluding hydrogens is 264 g/mol. The molecule has 0 spiro atoms. The lowest BCUT2D eigenvalue weighted by atomic mass is 10.1. The number of hydrogen-bond donors (Lipinski definition) is 2.